The molecule has 0 atom stereocenters. The third-order valence-corrected chi connectivity index (χ3v) is 2.12. The van der Waals surface area contributed by atoms with E-state index in [0.29, 0.717) is 0 Å². The molecule has 0 aromatic heterocycles. The number of non-ortho nitro benzene ring substituents is 2. The zero-order chi connectivity index (χ0) is 22.3. The fraction of sp³-hybridized carbons (Fsp3) is 0.125. The number of benzene rings is 2. The van der Waals surface area contributed by atoms with Gasteiger partial charge in [-0.1, -0.05) is 0 Å². The molecule has 0 saturated carbocycles. The number of phenols is 2. The number of nitrogens with zero attached hydrogens (tertiary/aromatic N) is 2. The van der Waals surface area contributed by atoms with E-state index in [1.807, 2.05) is 0 Å². The van der Waals surface area contributed by atoms with Gasteiger partial charge in [-0.3, -0.25) is 29.8 Å². The fourth-order valence-corrected chi connectivity index (χ4v) is 1.15. The Kier molecular flexibility index (Phi) is 13.0. The van der Waals surface area contributed by atoms with Crippen LogP contribution in [0.5, 0.6) is 11.5 Å². The van der Waals surface area contributed by atoms with Crippen molar-refractivity contribution in [1.29, 1.82) is 0 Å². The van der Waals surface area contributed by atoms with Crippen LogP contribution in [0.15, 0.2) is 48.5 Å². The monoisotopic (exact) mass is 396 g/mol. The van der Waals surface area contributed by atoms with Crippen molar-refractivity contribution in [3.05, 3.63) is 68.8 Å². The van der Waals surface area contributed by atoms with Gasteiger partial charge in [-0.25, -0.2) is 0 Å². The average molecular weight is 396 g/mol. The Bertz CT molecular complexity index is 701. The van der Waals surface area contributed by atoms with Gasteiger partial charge in [0.25, 0.3) is 11.4 Å². The van der Waals surface area contributed by atoms with Crippen LogP contribution >= 0.6 is 0 Å². The van der Waals surface area contributed by atoms with E-state index >= 15 is 0 Å². The van der Waals surface area contributed by atoms with Gasteiger partial charge in [-0.15, -0.1) is 0 Å². The predicted molar refractivity (Wildman–Crippen MR) is 99.3 cm³/mol. The van der Waals surface area contributed by atoms with E-state index in [0.717, 1.165) is 0 Å². The van der Waals surface area contributed by atoms with Crippen LogP contribution in [0, 0.1) is 20.2 Å². The Morgan fingerprint density at radius 3 is 1.04 bits per heavy atom. The lowest BCUT2D eigenvalue weighted by Gasteiger charge is -1.89. The van der Waals surface area contributed by atoms with Crippen molar-refractivity contribution in [2.24, 2.45) is 11.5 Å². The molecule has 0 saturated heterocycles. The fourth-order valence-electron chi connectivity index (χ4n) is 1.15. The Labute approximate surface area is 159 Å². The number of rotatable bonds is 2. The van der Waals surface area contributed by atoms with Crippen LogP contribution in [0.3, 0.4) is 0 Å². The number of carbonyl (C=O) groups is 2. The summed E-state index contributed by atoms with van der Waals surface area (Å²) < 4.78 is 0. The second-order valence-electron chi connectivity index (χ2n) is 4.77. The van der Waals surface area contributed by atoms with Crippen molar-refractivity contribution in [3.63, 3.8) is 0 Å². The number of carbonyl (C=O) groups excluding carboxylic acids is 2. The van der Waals surface area contributed by atoms with E-state index in [1.54, 1.807) is 0 Å². The Hall–Kier alpha value is -4.22. The van der Waals surface area contributed by atoms with Gasteiger partial charge in [0.2, 0.25) is 11.8 Å². The van der Waals surface area contributed by atoms with E-state index in [2.05, 4.69) is 11.5 Å². The highest BCUT2D eigenvalue weighted by Crippen LogP contribution is 2.15. The van der Waals surface area contributed by atoms with Gasteiger partial charge in [-0.05, 0) is 24.3 Å². The van der Waals surface area contributed by atoms with E-state index in [4.69, 9.17) is 10.2 Å². The Morgan fingerprint density at radius 2 is 0.893 bits per heavy atom. The van der Waals surface area contributed by atoms with Crippen LogP contribution in [-0.4, -0.2) is 31.9 Å². The quantitative estimate of drug-likeness (QED) is 0.431. The van der Waals surface area contributed by atoms with Gasteiger partial charge >= 0.3 is 0 Å². The van der Waals surface area contributed by atoms with E-state index in [1.165, 1.54) is 62.4 Å². The maximum Gasteiger partial charge on any atom is 0.269 e. The minimum absolute atomic E-state index is 0.0159. The van der Waals surface area contributed by atoms with E-state index < -0.39 is 9.85 Å². The number of nitro benzene ring substituents is 2. The standard InChI is InChI=1S/2C6H5NO3.2C2H5NO/c2*8-6-3-1-5(2-4-6)7(9)10;2*1-2(3)4/h2*1-4,8H;2*1H3,(H2,3,4). The van der Waals surface area contributed by atoms with Crippen molar-refractivity contribution in [3.8, 4) is 11.5 Å². The lowest BCUT2D eigenvalue weighted by atomic mass is 10.3. The summed E-state index contributed by atoms with van der Waals surface area (Å²) in [5, 5.41) is 37.5. The minimum Gasteiger partial charge on any atom is -0.508 e. The first-order chi connectivity index (χ1) is 12.9. The van der Waals surface area contributed by atoms with Crippen molar-refractivity contribution >= 4 is 23.2 Å². The summed E-state index contributed by atoms with van der Waals surface area (Å²) in [5.74, 6) is -0.601. The normalized spacial score (nSPS) is 8.36. The molecule has 2 amide bonds. The molecule has 6 N–H and O–H groups in total. The number of primary amides is 2. The molecule has 0 heterocycles. The second-order valence-corrected chi connectivity index (χ2v) is 4.77. The molecular formula is C16H20N4O8. The molecule has 2 aromatic carbocycles. The number of phenolic OH excluding ortho intramolecular Hbond substituents is 2. The molecule has 12 heteroatoms. The molecule has 0 spiro atoms. The van der Waals surface area contributed by atoms with E-state index in [-0.39, 0.29) is 34.7 Å². The maximum absolute atomic E-state index is 10.0. The first-order valence-corrected chi connectivity index (χ1v) is 7.25. The third-order valence-electron chi connectivity index (χ3n) is 2.12. The predicted octanol–water partition coefficient (Wildman–Crippen LogP) is 1.58. The highest BCUT2D eigenvalue weighted by atomic mass is 16.6. The maximum atomic E-state index is 10.0. The smallest absolute Gasteiger partial charge is 0.269 e. The summed E-state index contributed by atoms with van der Waals surface area (Å²) in [4.78, 5) is 37.5. The van der Waals surface area contributed by atoms with Crippen molar-refractivity contribution in [2.75, 3.05) is 0 Å². The number of amides is 2. The van der Waals surface area contributed by atoms with Gasteiger partial charge < -0.3 is 21.7 Å². The molecule has 152 valence electrons. The van der Waals surface area contributed by atoms with Crippen molar-refractivity contribution in [1.82, 2.24) is 0 Å². The molecule has 28 heavy (non-hydrogen) atoms. The highest BCUT2D eigenvalue weighted by Gasteiger charge is 2.02. The van der Waals surface area contributed by atoms with Gasteiger partial charge in [0, 0.05) is 38.1 Å². The van der Waals surface area contributed by atoms with Crippen molar-refractivity contribution in [2.45, 2.75) is 13.8 Å². The van der Waals surface area contributed by atoms with E-state index in [9.17, 15) is 29.8 Å². The second kappa shape index (κ2) is 14.0. The van der Waals surface area contributed by atoms with Gasteiger partial charge in [-0.2, -0.15) is 0 Å². The highest BCUT2D eigenvalue weighted by molar-refractivity contribution is 5.70. The molecular weight excluding hydrogens is 376 g/mol. The SMILES string of the molecule is CC(N)=O.CC(N)=O.O=[N+]([O-])c1ccc(O)cc1.O=[N+]([O-])c1ccc(O)cc1. The van der Waals surface area contributed by atoms with Crippen LogP contribution in [0.4, 0.5) is 11.4 Å². The zero-order valence-electron chi connectivity index (χ0n) is 15.0. The summed E-state index contributed by atoms with van der Waals surface area (Å²) in [7, 11) is 0. The molecule has 0 aliphatic heterocycles. The molecule has 0 fully saturated rings. The zero-order valence-corrected chi connectivity index (χ0v) is 15.0. The van der Waals surface area contributed by atoms with Gasteiger partial charge in [0.1, 0.15) is 11.5 Å². The largest absolute Gasteiger partial charge is 0.508 e. The number of aromatic hydroxyl groups is 2. The van der Waals surface area contributed by atoms with Gasteiger partial charge in [0.15, 0.2) is 0 Å². The number of hydrogen-bond acceptors (Lipinski definition) is 8. The molecule has 0 radical (unpaired) electrons. The van der Waals surface area contributed by atoms with Crippen LogP contribution in [0.1, 0.15) is 13.8 Å². The minimum atomic E-state index is -0.514. The van der Waals surface area contributed by atoms with Crippen molar-refractivity contribution < 1.29 is 29.6 Å². The lowest BCUT2D eigenvalue weighted by molar-refractivity contribution is -0.385. The Morgan fingerprint density at radius 1 is 0.714 bits per heavy atom. The summed E-state index contributed by atoms with van der Waals surface area (Å²) in [6, 6.07) is 10.1. The molecule has 0 aliphatic carbocycles. The third kappa shape index (κ3) is 16.6. The average Bonchev–Trinajstić information content (AvgIpc) is 2.55. The number of hydrogen-bond donors (Lipinski definition) is 4. The van der Waals surface area contributed by atoms with Gasteiger partial charge in [0.05, 0.1) is 9.85 Å². The topological polar surface area (TPSA) is 213 Å². The molecule has 0 unspecified atom stereocenters. The Balaban J connectivity index is 0. The lowest BCUT2D eigenvalue weighted by Crippen LogP contribution is -2.01. The number of nitro groups is 2. The van der Waals surface area contributed by atoms with Crippen LogP contribution in [-0.2, 0) is 9.59 Å². The summed E-state index contributed by atoms with van der Waals surface area (Å²) in [5.41, 5.74) is 8.91. The molecule has 2 rings (SSSR count). The first-order valence-electron chi connectivity index (χ1n) is 7.25. The summed E-state index contributed by atoms with van der Waals surface area (Å²) in [6.07, 6.45) is 0. The van der Waals surface area contributed by atoms with Crippen LogP contribution in [0.2, 0.25) is 0 Å². The molecule has 0 aliphatic rings. The first kappa shape index (κ1) is 26.0. The number of nitrogens with two attached hydrogens (primary N) is 2. The molecule has 2 aromatic rings. The van der Waals surface area contributed by atoms with Crippen LogP contribution < -0.4 is 11.5 Å². The summed E-state index contributed by atoms with van der Waals surface area (Å²) in [6.45, 7) is 2.61. The molecule has 0 bridgehead atoms. The van der Waals surface area contributed by atoms with Crippen LogP contribution in [0.25, 0.3) is 0 Å². The molecule has 12 nitrogen and oxygen atoms in total. The summed E-state index contributed by atoms with van der Waals surface area (Å²) >= 11 is 0.